The number of halogens is 1. The highest BCUT2D eigenvalue weighted by Crippen LogP contribution is 2.30. The van der Waals surface area contributed by atoms with Gasteiger partial charge in [-0.3, -0.25) is 4.99 Å². The molecule has 1 aliphatic carbocycles. The maximum Gasteiger partial charge on any atom is 0.132 e. The van der Waals surface area contributed by atoms with Crippen LogP contribution < -0.4 is 16.8 Å². The van der Waals surface area contributed by atoms with Crippen LogP contribution in [0.5, 0.6) is 0 Å². The van der Waals surface area contributed by atoms with E-state index in [9.17, 15) is 0 Å². The van der Waals surface area contributed by atoms with Crippen LogP contribution in [0.2, 0.25) is 0 Å². The molecule has 3 rings (SSSR count). The normalized spacial score (nSPS) is 18.9. The molecular formula is C27H31FN8. The summed E-state index contributed by atoms with van der Waals surface area (Å²) in [5, 5.41) is 10.5. The van der Waals surface area contributed by atoms with E-state index < -0.39 is 11.4 Å². The van der Waals surface area contributed by atoms with Crippen molar-refractivity contribution in [2.24, 2.45) is 21.5 Å². The third-order valence-corrected chi connectivity index (χ3v) is 5.48. The number of benzene rings is 1. The Labute approximate surface area is 210 Å². The van der Waals surface area contributed by atoms with Crippen molar-refractivity contribution in [3.8, 4) is 0 Å². The summed E-state index contributed by atoms with van der Waals surface area (Å²) >= 11 is 0. The standard InChI is InChI=1S/C27H31FN8/c1-18-8-11-33-25(36-18)13-21-5-4-20(12-24(21)28)23(16-34-22(14-29)15-32-3)26(35-17-30)19-6-9-27(2,31)10-7-19/h4-9,11-12,14-17,29,32H,10,13,31H2,1-3H3,(H2,30,35)/b22-15+,26-23+,29-14?,34-16-. The van der Waals surface area contributed by atoms with Gasteiger partial charge in [0.1, 0.15) is 11.6 Å². The molecule has 9 heteroatoms. The first kappa shape index (κ1) is 26.4. The summed E-state index contributed by atoms with van der Waals surface area (Å²) in [7, 11) is 1.72. The molecule has 0 bridgehead atoms. The van der Waals surface area contributed by atoms with E-state index in [0.717, 1.165) is 17.5 Å². The molecule has 6 N–H and O–H groups in total. The Hall–Kier alpha value is -4.24. The third-order valence-electron chi connectivity index (χ3n) is 5.48. The average molecular weight is 487 g/mol. The van der Waals surface area contributed by atoms with E-state index >= 15 is 4.39 Å². The molecule has 1 atom stereocenters. The van der Waals surface area contributed by atoms with Crippen LogP contribution in [-0.4, -0.2) is 41.3 Å². The number of nitrogens with one attached hydrogen (secondary N) is 2. The van der Waals surface area contributed by atoms with Gasteiger partial charge in [-0.1, -0.05) is 30.4 Å². The topological polar surface area (TPSA) is 138 Å². The fourth-order valence-corrected chi connectivity index (χ4v) is 3.59. The number of nitrogens with zero attached hydrogens (tertiary/aromatic N) is 4. The van der Waals surface area contributed by atoms with Gasteiger partial charge >= 0.3 is 0 Å². The second-order valence-corrected chi connectivity index (χ2v) is 8.60. The minimum Gasteiger partial charge on any atom is -0.392 e. The fourth-order valence-electron chi connectivity index (χ4n) is 3.59. The van der Waals surface area contributed by atoms with E-state index in [2.05, 4.69) is 25.3 Å². The monoisotopic (exact) mass is 486 g/mol. The third kappa shape index (κ3) is 6.89. The van der Waals surface area contributed by atoms with Gasteiger partial charge in [0, 0.05) is 55.1 Å². The van der Waals surface area contributed by atoms with Gasteiger partial charge < -0.3 is 22.2 Å². The van der Waals surface area contributed by atoms with Crippen LogP contribution in [0.3, 0.4) is 0 Å². The van der Waals surface area contributed by atoms with Crippen molar-refractivity contribution < 1.29 is 4.39 Å². The maximum atomic E-state index is 15.3. The number of aromatic nitrogens is 2. The highest BCUT2D eigenvalue weighted by Gasteiger charge is 2.20. The molecule has 0 aliphatic heterocycles. The van der Waals surface area contributed by atoms with Gasteiger partial charge in [-0.2, -0.15) is 0 Å². The molecule has 1 aromatic heterocycles. The van der Waals surface area contributed by atoms with Crippen molar-refractivity contribution in [3.63, 3.8) is 0 Å². The Balaban J connectivity index is 2.12. The molecule has 1 aromatic carbocycles. The van der Waals surface area contributed by atoms with Gasteiger partial charge in [0.15, 0.2) is 0 Å². The lowest BCUT2D eigenvalue weighted by atomic mass is 9.89. The fraction of sp³-hybridized carbons (Fsp3) is 0.222. The zero-order chi connectivity index (χ0) is 26.1. The van der Waals surface area contributed by atoms with Gasteiger partial charge in [-0.25, -0.2) is 19.4 Å². The molecule has 8 nitrogen and oxygen atoms in total. The largest absolute Gasteiger partial charge is 0.392 e. The second-order valence-electron chi connectivity index (χ2n) is 8.60. The summed E-state index contributed by atoms with van der Waals surface area (Å²) < 4.78 is 15.3. The van der Waals surface area contributed by atoms with E-state index in [1.165, 1.54) is 12.4 Å². The van der Waals surface area contributed by atoms with Crippen molar-refractivity contribution in [1.29, 1.82) is 5.41 Å². The zero-order valence-corrected chi connectivity index (χ0v) is 20.7. The lowest BCUT2D eigenvalue weighted by Gasteiger charge is -2.23. The van der Waals surface area contributed by atoms with Crippen molar-refractivity contribution in [2.75, 3.05) is 7.05 Å². The molecule has 0 radical (unpaired) electrons. The molecule has 0 spiro atoms. The van der Waals surface area contributed by atoms with Crippen molar-refractivity contribution in [1.82, 2.24) is 15.3 Å². The summed E-state index contributed by atoms with van der Waals surface area (Å²) in [6.45, 7) is 3.80. The Morgan fingerprint density at radius 1 is 1.31 bits per heavy atom. The Morgan fingerprint density at radius 3 is 2.72 bits per heavy atom. The quantitative estimate of drug-likeness (QED) is 0.317. The van der Waals surface area contributed by atoms with Crippen LogP contribution in [0.25, 0.3) is 5.57 Å². The molecule has 186 valence electrons. The van der Waals surface area contributed by atoms with Crippen molar-refractivity contribution >= 4 is 24.3 Å². The first-order valence-corrected chi connectivity index (χ1v) is 11.4. The first-order chi connectivity index (χ1) is 17.3. The summed E-state index contributed by atoms with van der Waals surface area (Å²) in [5.41, 5.74) is 15.5. The molecular weight excluding hydrogens is 455 g/mol. The molecule has 36 heavy (non-hydrogen) atoms. The molecule has 0 amide bonds. The number of allylic oxidation sites excluding steroid dienone is 3. The number of aryl methyl sites for hydroxylation is 1. The van der Waals surface area contributed by atoms with Gasteiger partial charge in [-0.05, 0) is 49.1 Å². The number of hydrogen-bond donors (Lipinski definition) is 4. The van der Waals surface area contributed by atoms with E-state index in [0.29, 0.717) is 40.3 Å². The predicted octanol–water partition coefficient (Wildman–Crippen LogP) is 3.60. The van der Waals surface area contributed by atoms with Crippen LogP contribution >= 0.6 is 0 Å². The van der Waals surface area contributed by atoms with Crippen LogP contribution in [-0.2, 0) is 6.42 Å². The highest BCUT2D eigenvalue weighted by atomic mass is 19.1. The van der Waals surface area contributed by atoms with Gasteiger partial charge in [0.2, 0.25) is 0 Å². The van der Waals surface area contributed by atoms with Crippen molar-refractivity contribution in [2.45, 2.75) is 32.2 Å². The molecule has 1 heterocycles. The van der Waals surface area contributed by atoms with Gasteiger partial charge in [0.25, 0.3) is 0 Å². The summed E-state index contributed by atoms with van der Waals surface area (Å²) in [6, 6.07) is 6.74. The lowest BCUT2D eigenvalue weighted by Crippen LogP contribution is -2.34. The summed E-state index contributed by atoms with van der Waals surface area (Å²) in [6.07, 6.45) is 13.7. The Morgan fingerprint density at radius 2 is 2.11 bits per heavy atom. The van der Waals surface area contributed by atoms with Gasteiger partial charge in [0.05, 0.1) is 17.7 Å². The van der Waals surface area contributed by atoms with E-state index in [4.69, 9.17) is 16.9 Å². The number of aliphatic imine (C=N–C) groups is 2. The first-order valence-electron chi connectivity index (χ1n) is 11.4. The number of hydrogen-bond acceptors (Lipinski definition) is 7. The van der Waals surface area contributed by atoms with Crippen LogP contribution in [0.1, 0.15) is 36.0 Å². The molecule has 1 aliphatic rings. The molecule has 2 aromatic rings. The maximum absolute atomic E-state index is 15.3. The van der Waals surface area contributed by atoms with E-state index in [1.54, 1.807) is 43.9 Å². The second kappa shape index (κ2) is 11.9. The zero-order valence-electron chi connectivity index (χ0n) is 20.7. The van der Waals surface area contributed by atoms with E-state index in [1.807, 2.05) is 32.1 Å². The highest BCUT2D eigenvalue weighted by molar-refractivity contribution is 6.13. The number of nitrogens with two attached hydrogens (primary N) is 2. The van der Waals surface area contributed by atoms with Gasteiger partial charge in [-0.15, -0.1) is 0 Å². The van der Waals surface area contributed by atoms with Crippen LogP contribution in [0.4, 0.5) is 4.39 Å². The molecule has 0 saturated carbocycles. The minimum absolute atomic E-state index is 0.264. The smallest absolute Gasteiger partial charge is 0.132 e. The summed E-state index contributed by atoms with van der Waals surface area (Å²) in [5.74, 6) is 0.142. The summed E-state index contributed by atoms with van der Waals surface area (Å²) in [4.78, 5) is 17.4. The SMILES string of the molecule is CN/C=C(C=N)/N=C\C(=C(/N=C/N)C1=CCC(C)(N)C=C1)c1ccc(Cc2nccc(C)n2)c(F)c1. The number of rotatable bonds is 9. The predicted molar refractivity (Wildman–Crippen MR) is 144 cm³/mol. The Kier molecular flexibility index (Phi) is 8.75. The molecule has 0 saturated heterocycles. The van der Waals surface area contributed by atoms with Crippen LogP contribution in [0.15, 0.2) is 81.8 Å². The average Bonchev–Trinajstić information content (AvgIpc) is 2.84. The Bertz CT molecular complexity index is 1300. The van der Waals surface area contributed by atoms with Crippen LogP contribution in [0, 0.1) is 18.2 Å². The van der Waals surface area contributed by atoms with Crippen molar-refractivity contribution in [3.05, 3.63) is 100 Å². The molecule has 1 unspecified atom stereocenters. The molecule has 0 fully saturated rings. The minimum atomic E-state index is -0.468. The lowest BCUT2D eigenvalue weighted by molar-refractivity contribution is 0.587. The van der Waals surface area contributed by atoms with E-state index in [-0.39, 0.29) is 6.42 Å².